The summed E-state index contributed by atoms with van der Waals surface area (Å²) in [4.78, 5) is 12.9. The maximum atomic E-state index is 12.9. The van der Waals surface area contributed by atoms with Gasteiger partial charge in [-0.25, -0.2) is 0 Å². The summed E-state index contributed by atoms with van der Waals surface area (Å²) in [6.07, 6.45) is -15.9. The number of hydrogen-bond donors (Lipinski definition) is 8. The number of aliphatic hydroxyl groups excluding tert-OH is 6. The van der Waals surface area contributed by atoms with E-state index in [9.17, 15) is 45.6 Å². The van der Waals surface area contributed by atoms with Gasteiger partial charge in [0.2, 0.25) is 6.29 Å². The van der Waals surface area contributed by atoms with E-state index in [0.29, 0.717) is 5.56 Å². The number of carbonyl (C=O) groups excluding carboxylic acids is 1. The highest BCUT2D eigenvalue weighted by molar-refractivity contribution is 6.02. The Morgan fingerprint density at radius 1 is 0.837 bits per heavy atom. The predicted molar refractivity (Wildman–Crippen MR) is 141 cm³/mol. The minimum atomic E-state index is -1.77. The average molecular weight is 611 g/mol. The van der Waals surface area contributed by atoms with Crippen molar-refractivity contribution in [2.24, 2.45) is 0 Å². The number of fused-ring (bicyclic) bond motifs is 1. The summed E-state index contributed by atoms with van der Waals surface area (Å²) in [5.74, 6) is -0.999. The smallest absolute Gasteiger partial charge is 0.229 e. The van der Waals surface area contributed by atoms with E-state index in [1.54, 1.807) is 6.07 Å². The average Bonchev–Trinajstić information content (AvgIpc) is 2.97. The van der Waals surface area contributed by atoms with Crippen molar-refractivity contribution in [3.63, 3.8) is 0 Å². The molecule has 15 heteroatoms. The van der Waals surface area contributed by atoms with E-state index in [4.69, 9.17) is 28.4 Å². The van der Waals surface area contributed by atoms with Crippen LogP contribution in [0.4, 0.5) is 0 Å². The summed E-state index contributed by atoms with van der Waals surface area (Å²) in [7, 11) is 1.39. The predicted octanol–water partition coefficient (Wildman–Crippen LogP) is -1.16. The first-order chi connectivity index (χ1) is 20.4. The van der Waals surface area contributed by atoms with Crippen molar-refractivity contribution in [1.82, 2.24) is 0 Å². The van der Waals surface area contributed by atoms with Crippen LogP contribution in [0.25, 0.3) is 0 Å². The molecule has 0 bridgehead atoms. The van der Waals surface area contributed by atoms with Gasteiger partial charge in [-0.1, -0.05) is 6.07 Å². The van der Waals surface area contributed by atoms with Gasteiger partial charge in [0.15, 0.2) is 23.6 Å². The Hall–Kier alpha value is -3.25. The number of aromatic hydroxyl groups is 2. The van der Waals surface area contributed by atoms with Gasteiger partial charge in [-0.3, -0.25) is 4.79 Å². The van der Waals surface area contributed by atoms with Gasteiger partial charge in [-0.15, -0.1) is 0 Å². The maximum Gasteiger partial charge on any atom is 0.229 e. The Morgan fingerprint density at radius 2 is 1.53 bits per heavy atom. The quantitative estimate of drug-likeness (QED) is 0.185. The molecule has 0 saturated carbocycles. The van der Waals surface area contributed by atoms with Crippen molar-refractivity contribution >= 4 is 5.78 Å². The minimum absolute atomic E-state index is 0.0457. The van der Waals surface area contributed by atoms with E-state index in [2.05, 4.69) is 0 Å². The summed E-state index contributed by atoms with van der Waals surface area (Å²) < 4.78 is 33.1. The lowest BCUT2D eigenvalue weighted by molar-refractivity contribution is -0.318. The number of methoxy groups -OCH3 is 1. The van der Waals surface area contributed by atoms with Gasteiger partial charge in [0, 0.05) is 12.1 Å². The molecule has 0 aliphatic carbocycles. The van der Waals surface area contributed by atoms with Gasteiger partial charge in [0.25, 0.3) is 0 Å². The van der Waals surface area contributed by atoms with Crippen molar-refractivity contribution in [2.75, 3.05) is 13.7 Å². The van der Waals surface area contributed by atoms with Crippen LogP contribution in [-0.4, -0.2) is 122 Å². The summed E-state index contributed by atoms with van der Waals surface area (Å²) in [5, 5.41) is 82.2. The number of ether oxygens (including phenoxy) is 6. The normalized spacial score (nSPS) is 36.0. The highest BCUT2D eigenvalue weighted by atomic mass is 16.7. The van der Waals surface area contributed by atoms with Crippen LogP contribution in [0.5, 0.6) is 28.7 Å². The monoisotopic (exact) mass is 610 g/mol. The lowest BCUT2D eigenvalue weighted by atomic mass is 9.95. The molecule has 236 valence electrons. The number of phenolic OH excluding ortho intramolecular Hbond substituents is 2. The van der Waals surface area contributed by atoms with Gasteiger partial charge in [-0.2, -0.15) is 0 Å². The molecule has 2 aromatic rings. The van der Waals surface area contributed by atoms with Crippen LogP contribution in [-0.2, 0) is 14.2 Å². The third-order valence-corrected chi connectivity index (χ3v) is 7.70. The first kappa shape index (κ1) is 31.2. The number of aliphatic hydroxyl groups is 6. The molecule has 43 heavy (non-hydrogen) atoms. The Labute approximate surface area is 245 Å². The SMILES string of the molecule is COc1ccc(C2CC(=O)c3c(O)cc(O[C@@H]4OC(CO[C@@H]5OC(C)[C@H](O)[C@@H](O)C5O)[C@@H](O)[C@@H](O)C4O)cc3O2)cc1O. The molecule has 3 heterocycles. The van der Waals surface area contributed by atoms with E-state index in [1.165, 1.54) is 32.2 Å². The van der Waals surface area contributed by atoms with Crippen LogP contribution in [0, 0.1) is 0 Å². The molecule has 0 radical (unpaired) electrons. The summed E-state index contributed by atoms with van der Waals surface area (Å²) in [6.45, 7) is 0.964. The summed E-state index contributed by atoms with van der Waals surface area (Å²) in [5.41, 5.74) is 0.373. The van der Waals surface area contributed by atoms with Gasteiger partial charge < -0.3 is 69.3 Å². The molecule has 2 fully saturated rings. The first-order valence-electron chi connectivity index (χ1n) is 13.5. The van der Waals surface area contributed by atoms with Crippen LogP contribution in [0.1, 0.15) is 35.4 Å². The Bertz CT molecular complexity index is 1320. The topological polar surface area (TPSA) is 234 Å². The fraction of sp³-hybridized carbons (Fsp3) is 0.536. The molecule has 2 aromatic carbocycles. The molecule has 15 nitrogen and oxygen atoms in total. The number of hydrogen-bond acceptors (Lipinski definition) is 15. The summed E-state index contributed by atoms with van der Waals surface area (Å²) >= 11 is 0. The van der Waals surface area contributed by atoms with Gasteiger partial charge >= 0.3 is 0 Å². The highest BCUT2D eigenvalue weighted by Gasteiger charge is 2.47. The van der Waals surface area contributed by atoms with E-state index in [1.807, 2.05) is 0 Å². The van der Waals surface area contributed by atoms with Crippen LogP contribution in [0.3, 0.4) is 0 Å². The molecule has 8 N–H and O–H groups in total. The molecule has 3 aliphatic heterocycles. The van der Waals surface area contributed by atoms with Crippen LogP contribution >= 0.6 is 0 Å². The van der Waals surface area contributed by atoms with Crippen molar-refractivity contribution in [3.8, 4) is 28.7 Å². The zero-order chi connectivity index (χ0) is 31.2. The van der Waals surface area contributed by atoms with E-state index < -0.39 is 85.7 Å². The Morgan fingerprint density at radius 3 is 2.23 bits per heavy atom. The second-order valence-electron chi connectivity index (χ2n) is 10.6. The van der Waals surface area contributed by atoms with Crippen LogP contribution in [0.2, 0.25) is 0 Å². The van der Waals surface area contributed by atoms with Crippen LogP contribution < -0.4 is 14.2 Å². The van der Waals surface area contributed by atoms with Crippen molar-refractivity contribution in [3.05, 3.63) is 41.5 Å². The molecule has 3 aliphatic rings. The molecule has 2 saturated heterocycles. The summed E-state index contributed by atoms with van der Waals surface area (Å²) in [6, 6.07) is 6.90. The van der Waals surface area contributed by atoms with Gasteiger partial charge in [0.05, 0.1) is 26.2 Å². The zero-order valence-corrected chi connectivity index (χ0v) is 23.1. The maximum absolute atomic E-state index is 12.9. The number of phenols is 2. The largest absolute Gasteiger partial charge is 0.507 e. The first-order valence-corrected chi connectivity index (χ1v) is 13.5. The third-order valence-electron chi connectivity index (χ3n) is 7.70. The van der Waals surface area contributed by atoms with E-state index in [0.717, 1.165) is 6.07 Å². The van der Waals surface area contributed by atoms with E-state index >= 15 is 0 Å². The second-order valence-corrected chi connectivity index (χ2v) is 10.6. The number of ketones is 1. The Kier molecular flexibility index (Phi) is 8.99. The molecule has 11 atom stereocenters. The molecule has 0 spiro atoms. The lowest BCUT2D eigenvalue weighted by Crippen LogP contribution is -2.61. The standard InChI is InChI=1S/C28H34O15/c1-10-21(32)23(34)25(36)27(40-10)39-9-19-22(33)24(35)26(37)28(43-19)41-12-6-14(30)20-15(31)8-17(42-18(20)7-12)11-3-4-16(38-2)13(29)5-11/h3-7,10,17,19,21-30,32-37H,8-9H2,1-2H3/t10?,17?,19?,21-,22+,23+,24+,25?,26?,27+,28+/m0/s1. The van der Waals surface area contributed by atoms with Crippen molar-refractivity contribution in [2.45, 2.75) is 80.9 Å². The number of carbonyl (C=O) groups is 1. The second kappa shape index (κ2) is 12.4. The number of Topliss-reactive ketones (excluding diaryl/α,β-unsaturated/α-hetero) is 1. The van der Waals surface area contributed by atoms with Crippen LogP contribution in [0.15, 0.2) is 30.3 Å². The molecule has 5 rings (SSSR count). The van der Waals surface area contributed by atoms with E-state index in [-0.39, 0.29) is 35.0 Å². The number of benzene rings is 2. The highest BCUT2D eigenvalue weighted by Crippen LogP contribution is 2.43. The fourth-order valence-electron chi connectivity index (χ4n) is 5.20. The van der Waals surface area contributed by atoms with Gasteiger partial charge in [0.1, 0.15) is 71.6 Å². The van der Waals surface area contributed by atoms with Crippen molar-refractivity contribution < 1.29 is 74.1 Å². The van der Waals surface area contributed by atoms with Gasteiger partial charge in [-0.05, 0) is 24.6 Å². The molecule has 0 amide bonds. The fourth-order valence-corrected chi connectivity index (χ4v) is 5.20. The third kappa shape index (κ3) is 6.08. The molecule has 0 aromatic heterocycles. The van der Waals surface area contributed by atoms with Crippen molar-refractivity contribution in [1.29, 1.82) is 0 Å². The number of rotatable bonds is 7. The minimum Gasteiger partial charge on any atom is -0.507 e. The lowest BCUT2D eigenvalue weighted by Gasteiger charge is -2.42. The zero-order valence-electron chi connectivity index (χ0n) is 23.1. The molecular formula is C28H34O15. The molecular weight excluding hydrogens is 576 g/mol. The Balaban J connectivity index is 1.30. The molecule has 5 unspecified atom stereocenters.